The summed E-state index contributed by atoms with van der Waals surface area (Å²) in [4.78, 5) is 23.5. The average molecular weight is 481 g/mol. The second-order valence-electron chi connectivity index (χ2n) is 9.94. The Hall–Kier alpha value is -2.03. The van der Waals surface area contributed by atoms with Crippen molar-refractivity contribution in [1.82, 2.24) is 4.90 Å². The van der Waals surface area contributed by atoms with Crippen LogP contribution in [0.15, 0.2) is 9.98 Å². The van der Waals surface area contributed by atoms with E-state index in [1.807, 2.05) is 6.92 Å². The van der Waals surface area contributed by atoms with Crippen LogP contribution < -0.4 is 17.2 Å². The highest BCUT2D eigenvalue weighted by atomic mass is 16.5. The summed E-state index contributed by atoms with van der Waals surface area (Å²) >= 11 is 0. The predicted molar refractivity (Wildman–Crippen MR) is 137 cm³/mol. The lowest BCUT2D eigenvalue weighted by Gasteiger charge is -2.40. The third kappa shape index (κ3) is 8.96. The molecule has 9 nitrogen and oxygen atoms in total. The molecule has 0 unspecified atom stereocenters. The maximum absolute atomic E-state index is 12.9. The molecule has 0 aliphatic carbocycles. The van der Waals surface area contributed by atoms with Crippen LogP contribution in [0.2, 0.25) is 0 Å². The monoisotopic (exact) mass is 480 g/mol. The third-order valence-corrected chi connectivity index (χ3v) is 7.13. The Morgan fingerprint density at radius 1 is 1.15 bits per heavy atom. The normalized spacial score (nSPS) is 24.9. The van der Waals surface area contributed by atoms with E-state index in [9.17, 15) is 9.90 Å². The second kappa shape index (κ2) is 15.1. The van der Waals surface area contributed by atoms with Gasteiger partial charge in [-0.05, 0) is 45.4 Å². The molecule has 0 saturated carbocycles. The predicted octanol–water partition coefficient (Wildman–Crippen LogP) is 2.64. The standard InChI is InChI=1S/C25H48N6O3/c1-3-4-5-6-7-8-9-12-20(32)17-19-13-14-21-22(18(2)30-25(28)31(19)21)23(33)34-16-11-10-15-29-24(26)27/h18-22,32H,3-17H2,1-2H3,(H2,28,30)(H4,26,27,29)/t18-,19+,20+,21+,22+/m1/s1. The van der Waals surface area contributed by atoms with Gasteiger partial charge in [0.1, 0.15) is 0 Å². The number of nitrogens with two attached hydrogens (primary N) is 3. The maximum atomic E-state index is 12.9. The van der Waals surface area contributed by atoms with Crippen molar-refractivity contribution in [2.45, 2.75) is 122 Å². The van der Waals surface area contributed by atoms with Crippen LogP contribution in [0.5, 0.6) is 0 Å². The van der Waals surface area contributed by atoms with Crippen LogP contribution in [0.25, 0.3) is 0 Å². The highest BCUT2D eigenvalue weighted by Gasteiger charge is 2.48. The van der Waals surface area contributed by atoms with Gasteiger partial charge in [0.15, 0.2) is 11.9 Å². The molecule has 0 amide bonds. The first-order valence-electron chi connectivity index (χ1n) is 13.4. The number of guanidine groups is 2. The van der Waals surface area contributed by atoms with Gasteiger partial charge in [-0.25, -0.2) is 4.99 Å². The molecular formula is C25H48N6O3. The molecule has 1 saturated heterocycles. The van der Waals surface area contributed by atoms with E-state index < -0.39 is 0 Å². The quantitative estimate of drug-likeness (QED) is 0.115. The molecule has 2 heterocycles. The lowest BCUT2D eigenvalue weighted by molar-refractivity contribution is -0.151. The Labute approximate surface area is 205 Å². The van der Waals surface area contributed by atoms with E-state index in [2.05, 4.69) is 21.8 Å². The van der Waals surface area contributed by atoms with E-state index in [4.69, 9.17) is 21.9 Å². The van der Waals surface area contributed by atoms with Crippen molar-refractivity contribution in [1.29, 1.82) is 0 Å². The molecule has 0 aromatic carbocycles. The lowest BCUT2D eigenvalue weighted by Crippen LogP contribution is -2.56. The first-order chi connectivity index (χ1) is 16.3. The molecule has 2 aliphatic rings. The molecule has 7 N–H and O–H groups in total. The molecule has 196 valence electrons. The van der Waals surface area contributed by atoms with Crippen LogP contribution in [0.4, 0.5) is 0 Å². The Kier molecular flexibility index (Phi) is 12.5. The van der Waals surface area contributed by atoms with Gasteiger partial charge in [0.05, 0.1) is 24.7 Å². The van der Waals surface area contributed by atoms with Crippen molar-refractivity contribution < 1.29 is 14.6 Å². The number of aliphatic hydroxyl groups is 1. The molecule has 0 aromatic rings. The third-order valence-electron chi connectivity index (χ3n) is 7.13. The van der Waals surface area contributed by atoms with Gasteiger partial charge in [0, 0.05) is 18.6 Å². The molecule has 2 rings (SSSR count). The van der Waals surface area contributed by atoms with E-state index in [-0.39, 0.29) is 42.1 Å². The molecule has 34 heavy (non-hydrogen) atoms. The zero-order chi connectivity index (χ0) is 24.9. The van der Waals surface area contributed by atoms with Crippen molar-refractivity contribution in [3.05, 3.63) is 0 Å². The minimum absolute atomic E-state index is 0.0163. The van der Waals surface area contributed by atoms with E-state index in [0.717, 1.165) is 32.1 Å². The summed E-state index contributed by atoms with van der Waals surface area (Å²) in [7, 11) is 0. The molecule has 1 fully saturated rings. The van der Waals surface area contributed by atoms with E-state index in [1.165, 1.54) is 38.5 Å². The van der Waals surface area contributed by atoms with E-state index in [0.29, 0.717) is 32.0 Å². The molecular weight excluding hydrogens is 432 g/mol. The number of aliphatic hydroxyl groups excluding tert-OH is 1. The van der Waals surface area contributed by atoms with E-state index in [1.54, 1.807) is 0 Å². The SMILES string of the molecule is CCCCCCCCC[C@H](O)C[C@@H]1CC[C@H]2[C@@H](C(=O)OCCCCN=C(N)N)[C@@H](C)N=C(N)N12. The zero-order valence-corrected chi connectivity index (χ0v) is 21.3. The van der Waals surface area contributed by atoms with Gasteiger partial charge in [-0.15, -0.1) is 0 Å². The lowest BCUT2D eigenvalue weighted by atomic mass is 9.90. The number of ether oxygens (including phenoxy) is 1. The van der Waals surface area contributed by atoms with Gasteiger partial charge in [-0.1, -0.05) is 51.9 Å². The van der Waals surface area contributed by atoms with Gasteiger partial charge < -0.3 is 31.9 Å². The summed E-state index contributed by atoms with van der Waals surface area (Å²) in [6, 6.07) is -0.111. The van der Waals surface area contributed by atoms with Crippen molar-refractivity contribution in [2.24, 2.45) is 33.1 Å². The van der Waals surface area contributed by atoms with Crippen LogP contribution in [0.3, 0.4) is 0 Å². The second-order valence-corrected chi connectivity index (χ2v) is 9.94. The first-order valence-corrected chi connectivity index (χ1v) is 13.4. The number of carbonyl (C=O) groups excluding carboxylic acids is 1. The Morgan fingerprint density at radius 2 is 1.85 bits per heavy atom. The van der Waals surface area contributed by atoms with Gasteiger partial charge in [0.25, 0.3) is 0 Å². The molecule has 0 radical (unpaired) electrons. The molecule has 2 aliphatic heterocycles. The Morgan fingerprint density at radius 3 is 2.56 bits per heavy atom. The average Bonchev–Trinajstić information content (AvgIpc) is 3.18. The topological polar surface area (TPSA) is 153 Å². The van der Waals surface area contributed by atoms with Crippen LogP contribution in [-0.2, 0) is 9.53 Å². The zero-order valence-electron chi connectivity index (χ0n) is 21.3. The van der Waals surface area contributed by atoms with Crippen LogP contribution >= 0.6 is 0 Å². The van der Waals surface area contributed by atoms with Crippen molar-refractivity contribution >= 4 is 17.9 Å². The number of rotatable bonds is 16. The smallest absolute Gasteiger partial charge is 0.313 e. The fraction of sp³-hybridized carbons (Fsp3) is 0.880. The first kappa shape index (κ1) is 28.2. The van der Waals surface area contributed by atoms with Crippen molar-refractivity contribution in [3.8, 4) is 0 Å². The van der Waals surface area contributed by atoms with Crippen molar-refractivity contribution in [3.63, 3.8) is 0 Å². The number of nitrogens with zero attached hydrogens (tertiary/aromatic N) is 3. The van der Waals surface area contributed by atoms with Crippen LogP contribution in [-0.4, -0.2) is 65.3 Å². The Balaban J connectivity index is 1.79. The highest BCUT2D eigenvalue weighted by molar-refractivity contribution is 5.84. The fourth-order valence-electron chi connectivity index (χ4n) is 5.34. The molecule has 9 heteroatoms. The summed E-state index contributed by atoms with van der Waals surface area (Å²) in [5, 5.41) is 10.7. The molecule has 0 spiro atoms. The van der Waals surface area contributed by atoms with Gasteiger partial charge in [0.2, 0.25) is 0 Å². The number of hydrogen-bond donors (Lipinski definition) is 4. The molecule has 0 aromatic heterocycles. The number of aliphatic imine (C=N–C) groups is 2. The summed E-state index contributed by atoms with van der Waals surface area (Å²) in [5.41, 5.74) is 16.9. The number of esters is 1. The summed E-state index contributed by atoms with van der Waals surface area (Å²) in [5.74, 6) is 0.0106. The van der Waals surface area contributed by atoms with Gasteiger partial charge in [-0.2, -0.15) is 0 Å². The number of fused-ring (bicyclic) bond motifs is 1. The largest absolute Gasteiger partial charge is 0.465 e. The van der Waals surface area contributed by atoms with E-state index >= 15 is 0 Å². The highest BCUT2D eigenvalue weighted by Crippen LogP contribution is 2.37. The minimum atomic E-state index is -0.345. The summed E-state index contributed by atoms with van der Waals surface area (Å²) in [6.45, 7) is 5.03. The minimum Gasteiger partial charge on any atom is -0.465 e. The van der Waals surface area contributed by atoms with Crippen molar-refractivity contribution in [2.75, 3.05) is 13.2 Å². The van der Waals surface area contributed by atoms with Gasteiger partial charge >= 0.3 is 5.97 Å². The summed E-state index contributed by atoms with van der Waals surface area (Å²) < 4.78 is 5.58. The molecule has 5 atom stereocenters. The van der Waals surface area contributed by atoms with Crippen LogP contribution in [0, 0.1) is 5.92 Å². The van der Waals surface area contributed by atoms with Crippen LogP contribution in [0.1, 0.15) is 97.3 Å². The molecule has 0 bridgehead atoms. The van der Waals surface area contributed by atoms with Gasteiger partial charge in [-0.3, -0.25) is 9.79 Å². The summed E-state index contributed by atoms with van der Waals surface area (Å²) in [6.07, 6.45) is 13.1. The maximum Gasteiger partial charge on any atom is 0.313 e. The Bertz CT molecular complexity index is 667. The number of carbonyl (C=O) groups is 1. The fourth-order valence-corrected chi connectivity index (χ4v) is 5.34. The number of unbranched alkanes of at least 4 members (excludes halogenated alkanes) is 7. The number of hydrogen-bond acceptors (Lipinski definition) is 7.